The van der Waals surface area contributed by atoms with Crippen LogP contribution in [-0.2, 0) is 14.6 Å². The maximum Gasteiger partial charge on any atom is 0.253 e. The zero-order chi connectivity index (χ0) is 21.1. The zero-order valence-electron chi connectivity index (χ0n) is 16.0. The summed E-state index contributed by atoms with van der Waals surface area (Å²) in [5.74, 6) is -0.715. The van der Waals surface area contributed by atoms with Crippen molar-refractivity contribution in [3.05, 3.63) is 70.7 Å². The monoisotopic (exact) mass is 434 g/mol. The zero-order valence-corrected chi connectivity index (χ0v) is 17.6. The first-order chi connectivity index (χ1) is 13.7. The van der Waals surface area contributed by atoms with Crippen LogP contribution >= 0.6 is 11.6 Å². The van der Waals surface area contributed by atoms with Gasteiger partial charge in [-0.2, -0.15) is 0 Å². The highest BCUT2D eigenvalue weighted by Gasteiger charge is 2.39. The number of carbonyl (C=O) groups excluding carboxylic acids is 2. The lowest BCUT2D eigenvalue weighted by molar-refractivity contribution is -0.123. The van der Waals surface area contributed by atoms with Crippen LogP contribution in [0, 0.1) is 0 Å². The van der Waals surface area contributed by atoms with Crippen LogP contribution in [0.1, 0.15) is 41.7 Å². The molecular formula is C21H23ClN2O4S. The normalized spacial score (nSPS) is 21.3. The molecule has 0 radical (unpaired) electrons. The molecule has 2 atom stereocenters. The predicted molar refractivity (Wildman–Crippen MR) is 113 cm³/mol. The van der Waals surface area contributed by atoms with E-state index in [-0.39, 0.29) is 29.7 Å². The molecule has 154 valence electrons. The van der Waals surface area contributed by atoms with Gasteiger partial charge in [-0.25, -0.2) is 8.42 Å². The van der Waals surface area contributed by atoms with Gasteiger partial charge >= 0.3 is 0 Å². The van der Waals surface area contributed by atoms with Crippen molar-refractivity contribution in [2.45, 2.75) is 31.3 Å². The van der Waals surface area contributed by atoms with Crippen LogP contribution in [0.4, 0.5) is 0 Å². The van der Waals surface area contributed by atoms with Crippen molar-refractivity contribution < 1.29 is 18.0 Å². The summed E-state index contributed by atoms with van der Waals surface area (Å²) in [5.41, 5.74) is 0.306. The van der Waals surface area contributed by atoms with Crippen LogP contribution in [0.3, 0.4) is 0 Å². The third-order valence-corrected chi connectivity index (χ3v) is 7.19. The smallest absolute Gasteiger partial charge is 0.253 e. The van der Waals surface area contributed by atoms with Crippen LogP contribution in [0.25, 0.3) is 0 Å². The van der Waals surface area contributed by atoms with Gasteiger partial charge < -0.3 is 10.6 Å². The Balaban J connectivity index is 1.75. The molecule has 0 spiro atoms. The summed E-state index contributed by atoms with van der Waals surface area (Å²) in [6.07, 6.45) is 0.360. The van der Waals surface area contributed by atoms with Crippen molar-refractivity contribution >= 4 is 33.3 Å². The van der Waals surface area contributed by atoms with Crippen molar-refractivity contribution in [3.63, 3.8) is 0 Å². The van der Waals surface area contributed by atoms with E-state index in [1.165, 1.54) is 0 Å². The van der Waals surface area contributed by atoms with E-state index in [1.807, 2.05) is 30.3 Å². The first-order valence-electron chi connectivity index (χ1n) is 9.29. The molecule has 29 heavy (non-hydrogen) atoms. The van der Waals surface area contributed by atoms with E-state index in [4.69, 9.17) is 11.6 Å². The van der Waals surface area contributed by atoms with Crippen molar-refractivity contribution in [1.82, 2.24) is 10.6 Å². The number of halogens is 1. The first-order valence-corrected chi connectivity index (χ1v) is 11.5. The highest BCUT2D eigenvalue weighted by Crippen LogP contribution is 2.25. The summed E-state index contributed by atoms with van der Waals surface area (Å²) in [6.45, 7) is 1.73. The molecule has 2 aromatic carbocycles. The van der Waals surface area contributed by atoms with Crippen molar-refractivity contribution in [2.75, 3.05) is 11.5 Å². The first kappa shape index (κ1) is 21.3. The molecule has 2 amide bonds. The van der Waals surface area contributed by atoms with E-state index in [9.17, 15) is 18.0 Å². The van der Waals surface area contributed by atoms with Crippen LogP contribution in [0.15, 0.2) is 54.6 Å². The van der Waals surface area contributed by atoms with Crippen LogP contribution in [0.5, 0.6) is 0 Å². The van der Waals surface area contributed by atoms with Gasteiger partial charge in [-0.15, -0.1) is 0 Å². The summed E-state index contributed by atoms with van der Waals surface area (Å²) in [4.78, 5) is 25.4. The van der Waals surface area contributed by atoms with E-state index >= 15 is 0 Å². The van der Waals surface area contributed by atoms with Crippen molar-refractivity contribution in [3.8, 4) is 0 Å². The molecule has 1 fully saturated rings. The molecule has 0 saturated carbocycles. The maximum absolute atomic E-state index is 12.7. The van der Waals surface area contributed by atoms with Gasteiger partial charge in [0.1, 0.15) is 0 Å². The number of hydrogen-bond acceptors (Lipinski definition) is 4. The number of carbonyl (C=O) groups is 2. The maximum atomic E-state index is 12.7. The number of amides is 2. The standard InChI is InChI=1S/C21H23ClN2O4S/c1-21(11-12-29(27,28)14-21)24-19(25)13-18(15-7-3-2-4-8-15)23-20(26)16-9-5-6-10-17(16)22/h2-10,18H,11-14H2,1H3,(H,23,26)(H,24,25). The van der Waals surface area contributed by atoms with Crippen LogP contribution in [0.2, 0.25) is 5.02 Å². The van der Waals surface area contributed by atoms with Crippen LogP contribution in [-0.4, -0.2) is 37.3 Å². The molecule has 0 bridgehead atoms. The Morgan fingerprint density at radius 1 is 1.10 bits per heavy atom. The van der Waals surface area contributed by atoms with Gasteiger partial charge in [-0.3, -0.25) is 9.59 Å². The van der Waals surface area contributed by atoms with Crippen molar-refractivity contribution in [1.29, 1.82) is 0 Å². The van der Waals surface area contributed by atoms with E-state index in [2.05, 4.69) is 10.6 Å². The number of benzene rings is 2. The van der Waals surface area contributed by atoms with Gasteiger partial charge in [0.25, 0.3) is 5.91 Å². The van der Waals surface area contributed by atoms with Gasteiger partial charge in [0.05, 0.1) is 40.1 Å². The Bertz CT molecular complexity index is 1010. The summed E-state index contributed by atoms with van der Waals surface area (Å²) >= 11 is 6.12. The molecule has 0 aromatic heterocycles. The molecule has 1 aliphatic heterocycles. The lowest BCUT2D eigenvalue weighted by Gasteiger charge is -2.26. The predicted octanol–water partition coefficient (Wildman–Crippen LogP) is 2.89. The molecule has 2 N–H and O–H groups in total. The molecule has 0 aliphatic carbocycles. The molecule has 3 rings (SSSR count). The summed E-state index contributed by atoms with van der Waals surface area (Å²) in [7, 11) is -3.14. The van der Waals surface area contributed by atoms with Crippen LogP contribution < -0.4 is 10.6 Å². The van der Waals surface area contributed by atoms with E-state index in [0.29, 0.717) is 17.0 Å². The van der Waals surface area contributed by atoms with E-state index in [1.54, 1.807) is 31.2 Å². The molecule has 1 aliphatic rings. The Kier molecular flexibility index (Phi) is 6.29. The average Bonchev–Trinajstić information content (AvgIpc) is 2.94. The summed E-state index contributed by atoms with van der Waals surface area (Å²) < 4.78 is 23.6. The minimum absolute atomic E-state index is 0.0180. The lowest BCUT2D eigenvalue weighted by Crippen LogP contribution is -2.48. The highest BCUT2D eigenvalue weighted by molar-refractivity contribution is 7.91. The molecule has 8 heteroatoms. The molecule has 2 aromatic rings. The fourth-order valence-corrected chi connectivity index (χ4v) is 5.82. The molecule has 1 saturated heterocycles. The second-order valence-corrected chi connectivity index (χ2v) is 10.2. The van der Waals surface area contributed by atoms with Gasteiger partial charge in [0.15, 0.2) is 9.84 Å². The van der Waals surface area contributed by atoms with Gasteiger partial charge in [-0.05, 0) is 31.0 Å². The quantitative estimate of drug-likeness (QED) is 0.731. The summed E-state index contributed by atoms with van der Waals surface area (Å²) in [6, 6.07) is 15.3. The fraction of sp³-hybridized carbons (Fsp3) is 0.333. The number of sulfone groups is 1. The number of rotatable bonds is 6. The molecule has 6 nitrogen and oxygen atoms in total. The van der Waals surface area contributed by atoms with Gasteiger partial charge in [0, 0.05) is 0 Å². The SMILES string of the molecule is CC1(NC(=O)CC(NC(=O)c2ccccc2Cl)c2ccccc2)CCS(=O)(=O)C1. The number of nitrogens with one attached hydrogen (secondary N) is 2. The van der Waals surface area contributed by atoms with Crippen molar-refractivity contribution in [2.24, 2.45) is 0 Å². The largest absolute Gasteiger partial charge is 0.350 e. The topological polar surface area (TPSA) is 92.3 Å². The second-order valence-electron chi connectivity index (χ2n) is 7.57. The minimum Gasteiger partial charge on any atom is -0.350 e. The van der Waals surface area contributed by atoms with Gasteiger partial charge in [-0.1, -0.05) is 54.1 Å². The highest BCUT2D eigenvalue weighted by atomic mass is 35.5. The average molecular weight is 435 g/mol. The summed E-state index contributed by atoms with van der Waals surface area (Å²) in [5, 5.41) is 6.04. The molecule has 1 heterocycles. The van der Waals surface area contributed by atoms with E-state index in [0.717, 1.165) is 5.56 Å². The molecular weight excluding hydrogens is 412 g/mol. The Morgan fingerprint density at radius 2 is 1.76 bits per heavy atom. The van der Waals surface area contributed by atoms with E-state index < -0.39 is 21.4 Å². The number of hydrogen-bond donors (Lipinski definition) is 2. The lowest BCUT2D eigenvalue weighted by atomic mass is 9.99. The third-order valence-electron chi connectivity index (χ3n) is 4.96. The second kappa shape index (κ2) is 8.55. The third kappa shape index (κ3) is 5.58. The molecule has 2 unspecified atom stereocenters. The van der Waals surface area contributed by atoms with Gasteiger partial charge in [0.2, 0.25) is 5.91 Å². The Morgan fingerprint density at radius 3 is 2.38 bits per heavy atom. The fourth-order valence-electron chi connectivity index (χ4n) is 3.50. The Labute approximate surface area is 175 Å². The Hall–Kier alpha value is -2.38. The minimum atomic E-state index is -3.14.